The van der Waals surface area contributed by atoms with Gasteiger partial charge in [0.15, 0.2) is 0 Å². The molecule has 10 heteroatoms. The van der Waals surface area contributed by atoms with Crippen LogP contribution in [0.2, 0.25) is 0 Å². The summed E-state index contributed by atoms with van der Waals surface area (Å²) >= 11 is 1.36. The molecule has 2 aliphatic heterocycles. The molecule has 2 spiro atoms. The van der Waals surface area contributed by atoms with Gasteiger partial charge in [-0.15, -0.1) is 0 Å². The van der Waals surface area contributed by atoms with Gasteiger partial charge in [-0.05, 0) is 92.0 Å². The van der Waals surface area contributed by atoms with Crippen molar-refractivity contribution >= 4 is 34.9 Å². The molecule has 0 bridgehead atoms. The summed E-state index contributed by atoms with van der Waals surface area (Å²) in [6.07, 6.45) is 10.2. The maximum absolute atomic E-state index is 13.6. The molecule has 4 fully saturated rings. The standard InChI is InChI=1S/C28H36FN5O3S/c29-19-37-24-2-1-20(15-23(24)34-13-9-28(18-34)5-6-28)32-26(36)21-17-30-25(38-31-10-14-35)16-22(21)33-11-7-27(3-4-27)8-12-33/h1-2,15-17,31,35H,3-14,18-19H2,(H,32,36). The van der Waals surface area contributed by atoms with E-state index in [-0.39, 0.29) is 12.5 Å². The van der Waals surface area contributed by atoms with Crippen molar-refractivity contribution in [2.45, 2.75) is 50.0 Å². The number of amides is 1. The summed E-state index contributed by atoms with van der Waals surface area (Å²) in [5, 5.41) is 12.9. The Hall–Kier alpha value is -2.56. The monoisotopic (exact) mass is 541 g/mol. The Balaban J connectivity index is 1.23. The fourth-order valence-corrected chi connectivity index (χ4v) is 6.55. The molecule has 1 aromatic heterocycles. The van der Waals surface area contributed by atoms with Gasteiger partial charge in [-0.25, -0.2) is 9.37 Å². The third-order valence-corrected chi connectivity index (χ3v) is 9.56. The number of aliphatic hydroxyl groups is 1. The van der Waals surface area contributed by atoms with Gasteiger partial charge in [0.2, 0.25) is 6.86 Å². The van der Waals surface area contributed by atoms with Gasteiger partial charge in [0, 0.05) is 44.6 Å². The predicted molar refractivity (Wildman–Crippen MR) is 148 cm³/mol. The SMILES string of the molecule is O=C(Nc1ccc(OCF)c(N2CCC3(CC3)C2)c1)c1cnc(SNCCO)cc1N1CCC2(CC1)CC2. The lowest BCUT2D eigenvalue weighted by Crippen LogP contribution is -2.35. The van der Waals surface area contributed by atoms with E-state index in [4.69, 9.17) is 9.84 Å². The molecule has 3 heterocycles. The van der Waals surface area contributed by atoms with Crippen LogP contribution in [0.4, 0.5) is 21.5 Å². The number of nitrogens with one attached hydrogen (secondary N) is 2. The minimum atomic E-state index is -0.888. The summed E-state index contributed by atoms with van der Waals surface area (Å²) in [5.41, 5.74) is 3.83. The number of benzene rings is 1. The first-order chi connectivity index (χ1) is 18.5. The molecule has 8 nitrogen and oxygen atoms in total. The van der Waals surface area contributed by atoms with E-state index in [1.807, 2.05) is 12.1 Å². The molecule has 2 aliphatic carbocycles. The van der Waals surface area contributed by atoms with Crippen molar-refractivity contribution in [1.29, 1.82) is 0 Å². The van der Waals surface area contributed by atoms with Gasteiger partial charge in [-0.3, -0.25) is 9.52 Å². The quantitative estimate of drug-likeness (QED) is 0.297. The Morgan fingerprint density at radius 2 is 1.76 bits per heavy atom. The molecule has 0 unspecified atom stereocenters. The topological polar surface area (TPSA) is 90.0 Å². The van der Waals surface area contributed by atoms with Crippen molar-refractivity contribution in [3.05, 3.63) is 36.0 Å². The number of hydrogen-bond acceptors (Lipinski definition) is 8. The van der Waals surface area contributed by atoms with Crippen LogP contribution in [0.5, 0.6) is 5.75 Å². The van der Waals surface area contributed by atoms with Crippen molar-refractivity contribution in [3.63, 3.8) is 0 Å². The first kappa shape index (κ1) is 25.7. The molecule has 6 rings (SSSR count). The van der Waals surface area contributed by atoms with E-state index in [9.17, 15) is 9.18 Å². The first-order valence-electron chi connectivity index (χ1n) is 13.7. The summed E-state index contributed by atoms with van der Waals surface area (Å²) in [6, 6.07) is 7.38. The zero-order valence-corrected chi connectivity index (χ0v) is 22.5. The number of ether oxygens (including phenoxy) is 1. The second-order valence-corrected chi connectivity index (χ2v) is 12.2. The second kappa shape index (κ2) is 10.5. The van der Waals surface area contributed by atoms with Gasteiger partial charge in [0.05, 0.1) is 23.5 Å². The number of carbonyl (C=O) groups excluding carboxylic acids is 1. The molecular weight excluding hydrogens is 505 g/mol. The Labute approximate surface area is 227 Å². The number of aliphatic hydroxyl groups excluding tert-OH is 1. The molecule has 2 saturated heterocycles. The number of rotatable bonds is 10. The van der Waals surface area contributed by atoms with Crippen LogP contribution in [0.25, 0.3) is 0 Å². The van der Waals surface area contributed by atoms with Crippen molar-refractivity contribution in [3.8, 4) is 5.75 Å². The van der Waals surface area contributed by atoms with Crippen molar-refractivity contribution in [2.75, 3.05) is 61.3 Å². The fraction of sp³-hybridized carbons (Fsp3) is 0.571. The minimum Gasteiger partial charge on any atom is -0.461 e. The number of carbonyl (C=O) groups is 1. The lowest BCUT2D eigenvalue weighted by Gasteiger charge is -2.35. The number of hydrogen-bond donors (Lipinski definition) is 3. The van der Waals surface area contributed by atoms with E-state index in [1.54, 1.807) is 18.3 Å². The van der Waals surface area contributed by atoms with E-state index in [1.165, 1.54) is 37.6 Å². The number of pyridine rings is 1. The lowest BCUT2D eigenvalue weighted by molar-refractivity contribution is 0.102. The van der Waals surface area contributed by atoms with Gasteiger partial charge in [0.25, 0.3) is 5.91 Å². The Morgan fingerprint density at radius 1 is 1.03 bits per heavy atom. The molecule has 0 radical (unpaired) electrons. The van der Waals surface area contributed by atoms with E-state index in [0.29, 0.717) is 34.4 Å². The predicted octanol–water partition coefficient (Wildman–Crippen LogP) is 4.60. The normalized spacial score (nSPS) is 20.7. The minimum absolute atomic E-state index is 0.0457. The Bertz CT molecular complexity index is 1180. The van der Waals surface area contributed by atoms with E-state index < -0.39 is 6.86 Å². The molecule has 2 aromatic rings. The second-order valence-electron chi connectivity index (χ2n) is 11.3. The molecule has 3 N–H and O–H groups in total. The number of anilines is 3. The highest BCUT2D eigenvalue weighted by Gasteiger charge is 2.48. The largest absolute Gasteiger partial charge is 0.461 e. The summed E-state index contributed by atoms with van der Waals surface area (Å²) in [6.45, 7) is 3.32. The highest BCUT2D eigenvalue weighted by atomic mass is 32.2. The Morgan fingerprint density at radius 3 is 2.45 bits per heavy atom. The maximum atomic E-state index is 13.6. The molecule has 1 aromatic carbocycles. The number of aromatic nitrogens is 1. The van der Waals surface area contributed by atoms with Gasteiger partial charge in [0.1, 0.15) is 10.8 Å². The molecule has 204 valence electrons. The van der Waals surface area contributed by atoms with Gasteiger partial charge in [-0.1, -0.05) is 0 Å². The number of nitrogens with zero attached hydrogens (tertiary/aromatic N) is 3. The van der Waals surface area contributed by atoms with Crippen LogP contribution >= 0.6 is 11.9 Å². The molecule has 1 amide bonds. The van der Waals surface area contributed by atoms with Crippen LogP contribution in [-0.4, -0.2) is 62.2 Å². The first-order valence-corrected chi connectivity index (χ1v) is 14.5. The van der Waals surface area contributed by atoms with Gasteiger partial charge >= 0.3 is 0 Å². The maximum Gasteiger partial charge on any atom is 0.259 e. The van der Waals surface area contributed by atoms with Crippen molar-refractivity contribution < 1.29 is 19.0 Å². The molecule has 4 aliphatic rings. The summed E-state index contributed by atoms with van der Waals surface area (Å²) in [7, 11) is 0. The molecule has 0 atom stereocenters. The number of halogens is 1. The van der Waals surface area contributed by atoms with E-state index >= 15 is 0 Å². The average molecular weight is 542 g/mol. The molecule has 2 saturated carbocycles. The van der Waals surface area contributed by atoms with Crippen LogP contribution in [0.3, 0.4) is 0 Å². The highest BCUT2D eigenvalue weighted by Crippen LogP contribution is 2.55. The van der Waals surface area contributed by atoms with Crippen LogP contribution in [0.15, 0.2) is 35.5 Å². The third-order valence-electron chi connectivity index (χ3n) is 8.78. The van der Waals surface area contributed by atoms with Crippen molar-refractivity contribution in [2.24, 2.45) is 10.8 Å². The average Bonchev–Trinajstić information content (AvgIpc) is 3.83. The van der Waals surface area contributed by atoms with E-state index in [2.05, 4.69) is 24.8 Å². The van der Waals surface area contributed by atoms with Gasteiger partial charge < -0.3 is 25.0 Å². The van der Waals surface area contributed by atoms with Crippen LogP contribution in [0.1, 0.15) is 55.3 Å². The zero-order valence-electron chi connectivity index (χ0n) is 21.7. The van der Waals surface area contributed by atoms with Crippen LogP contribution < -0.4 is 24.6 Å². The van der Waals surface area contributed by atoms with E-state index in [0.717, 1.165) is 61.8 Å². The Kier molecular flexibility index (Phi) is 7.13. The number of piperidine rings is 1. The van der Waals surface area contributed by atoms with Crippen LogP contribution in [0, 0.1) is 10.8 Å². The fourth-order valence-electron chi connectivity index (χ4n) is 5.94. The molecule has 38 heavy (non-hydrogen) atoms. The highest BCUT2D eigenvalue weighted by molar-refractivity contribution is 7.97. The lowest BCUT2D eigenvalue weighted by atomic mass is 9.93. The third kappa shape index (κ3) is 5.44. The summed E-state index contributed by atoms with van der Waals surface area (Å²) < 4.78 is 21.5. The number of alkyl halides is 1. The summed E-state index contributed by atoms with van der Waals surface area (Å²) in [5.74, 6) is 0.286. The van der Waals surface area contributed by atoms with Crippen molar-refractivity contribution in [1.82, 2.24) is 9.71 Å². The smallest absolute Gasteiger partial charge is 0.259 e. The van der Waals surface area contributed by atoms with Gasteiger partial charge in [-0.2, -0.15) is 0 Å². The van der Waals surface area contributed by atoms with Crippen LogP contribution in [-0.2, 0) is 0 Å². The molecular formula is C28H36FN5O3S. The zero-order chi connectivity index (χ0) is 26.2. The summed E-state index contributed by atoms with van der Waals surface area (Å²) in [4.78, 5) is 22.7.